The monoisotopic (exact) mass is 361 g/mol. The van der Waals surface area contributed by atoms with E-state index in [0.717, 1.165) is 25.7 Å². The van der Waals surface area contributed by atoms with Crippen molar-refractivity contribution in [2.75, 3.05) is 26.4 Å². The molecule has 26 heavy (non-hydrogen) atoms. The predicted octanol–water partition coefficient (Wildman–Crippen LogP) is 3.28. The van der Waals surface area contributed by atoms with Gasteiger partial charge in [0.15, 0.2) is 5.79 Å². The standard InChI is InChI=1S/C13H19NO5.C7H8/c15-11(14-5-6-17-12(14)16)9-10-1-3-13(4-2-10)18-7-8-19-13;1-7-5-3-2-4-6-7/h10H,1-9H2;2-6H,1H3. The highest BCUT2D eigenvalue weighted by molar-refractivity contribution is 5.93. The molecule has 6 nitrogen and oxygen atoms in total. The van der Waals surface area contributed by atoms with Crippen molar-refractivity contribution in [3.8, 4) is 0 Å². The molecule has 2 heterocycles. The molecule has 2 saturated heterocycles. The lowest BCUT2D eigenvalue weighted by Gasteiger charge is -2.35. The predicted molar refractivity (Wildman–Crippen MR) is 95.5 cm³/mol. The van der Waals surface area contributed by atoms with Gasteiger partial charge in [-0.15, -0.1) is 0 Å². The van der Waals surface area contributed by atoms with E-state index in [1.54, 1.807) is 0 Å². The molecule has 2 amide bonds. The van der Waals surface area contributed by atoms with E-state index in [1.165, 1.54) is 10.5 Å². The fraction of sp³-hybridized carbons (Fsp3) is 0.600. The summed E-state index contributed by atoms with van der Waals surface area (Å²) in [6.45, 7) is 4.13. The number of carbonyl (C=O) groups is 2. The molecule has 3 aliphatic rings. The third-order valence-corrected chi connectivity index (χ3v) is 5.15. The molecule has 1 aromatic carbocycles. The fourth-order valence-electron chi connectivity index (χ4n) is 3.62. The molecule has 0 radical (unpaired) electrons. The third-order valence-electron chi connectivity index (χ3n) is 5.15. The van der Waals surface area contributed by atoms with Crippen molar-refractivity contribution in [1.82, 2.24) is 4.90 Å². The highest BCUT2D eigenvalue weighted by atomic mass is 16.7. The van der Waals surface area contributed by atoms with Gasteiger partial charge in [0.05, 0.1) is 19.8 Å². The number of hydrogen-bond acceptors (Lipinski definition) is 5. The maximum Gasteiger partial charge on any atom is 0.416 e. The minimum Gasteiger partial charge on any atom is -0.447 e. The molecule has 0 unspecified atom stereocenters. The molecule has 0 atom stereocenters. The Morgan fingerprint density at radius 2 is 1.77 bits per heavy atom. The van der Waals surface area contributed by atoms with E-state index in [9.17, 15) is 9.59 Å². The van der Waals surface area contributed by atoms with Crippen LogP contribution in [0.15, 0.2) is 30.3 Å². The van der Waals surface area contributed by atoms with E-state index < -0.39 is 6.09 Å². The fourth-order valence-corrected chi connectivity index (χ4v) is 3.62. The van der Waals surface area contributed by atoms with Crippen LogP contribution in [0.5, 0.6) is 0 Å². The number of cyclic esters (lactones) is 1. The summed E-state index contributed by atoms with van der Waals surface area (Å²) in [6, 6.07) is 10.3. The number of rotatable bonds is 2. The second kappa shape index (κ2) is 8.64. The molecule has 2 aliphatic heterocycles. The van der Waals surface area contributed by atoms with Gasteiger partial charge in [-0.2, -0.15) is 0 Å². The summed E-state index contributed by atoms with van der Waals surface area (Å²) >= 11 is 0. The number of amides is 2. The SMILES string of the molecule is Cc1ccccc1.O=C(CC1CCC2(CC1)OCCO2)N1CCOC1=O. The summed E-state index contributed by atoms with van der Waals surface area (Å²) in [5, 5.41) is 0. The van der Waals surface area contributed by atoms with Gasteiger partial charge in [-0.3, -0.25) is 4.79 Å². The van der Waals surface area contributed by atoms with Crippen LogP contribution in [-0.2, 0) is 19.0 Å². The minimum atomic E-state index is -0.500. The van der Waals surface area contributed by atoms with E-state index >= 15 is 0 Å². The van der Waals surface area contributed by atoms with Crippen LogP contribution < -0.4 is 0 Å². The summed E-state index contributed by atoms with van der Waals surface area (Å²) in [6.07, 6.45) is 3.43. The van der Waals surface area contributed by atoms with Crippen LogP contribution in [0.4, 0.5) is 4.79 Å². The molecule has 3 fully saturated rings. The van der Waals surface area contributed by atoms with Gasteiger partial charge in [0, 0.05) is 19.3 Å². The molecule has 6 heteroatoms. The van der Waals surface area contributed by atoms with Gasteiger partial charge in [0.25, 0.3) is 0 Å². The lowest BCUT2D eigenvalue weighted by atomic mass is 9.83. The molecule has 1 saturated carbocycles. The Morgan fingerprint density at radius 3 is 2.27 bits per heavy atom. The Morgan fingerprint density at radius 1 is 1.12 bits per heavy atom. The summed E-state index contributed by atoms with van der Waals surface area (Å²) in [7, 11) is 0. The molecule has 1 aliphatic carbocycles. The number of nitrogens with zero attached hydrogens (tertiary/aromatic N) is 1. The Kier molecular flexibility index (Phi) is 6.27. The topological polar surface area (TPSA) is 65.1 Å². The number of hydrogen-bond donors (Lipinski definition) is 0. The largest absolute Gasteiger partial charge is 0.447 e. The van der Waals surface area contributed by atoms with Gasteiger partial charge in [0.2, 0.25) is 5.91 Å². The van der Waals surface area contributed by atoms with Crippen molar-refractivity contribution in [1.29, 1.82) is 0 Å². The molecular formula is C20H27NO5. The molecule has 0 aromatic heterocycles. The normalized spacial score (nSPS) is 22.0. The smallest absolute Gasteiger partial charge is 0.416 e. The van der Waals surface area contributed by atoms with Gasteiger partial charge in [-0.05, 0) is 25.7 Å². The Labute approximate surface area is 154 Å². The van der Waals surface area contributed by atoms with Gasteiger partial charge in [-0.1, -0.05) is 35.9 Å². The number of imide groups is 1. The lowest BCUT2D eigenvalue weighted by Crippen LogP contribution is -2.38. The van der Waals surface area contributed by atoms with Crippen molar-refractivity contribution in [2.45, 2.75) is 44.8 Å². The quantitative estimate of drug-likeness (QED) is 0.809. The van der Waals surface area contributed by atoms with Gasteiger partial charge < -0.3 is 14.2 Å². The molecule has 4 rings (SSSR count). The van der Waals surface area contributed by atoms with Crippen LogP contribution in [0, 0.1) is 12.8 Å². The molecule has 142 valence electrons. The van der Waals surface area contributed by atoms with Crippen LogP contribution in [0.2, 0.25) is 0 Å². The van der Waals surface area contributed by atoms with Crippen LogP contribution in [0.25, 0.3) is 0 Å². The van der Waals surface area contributed by atoms with Crippen molar-refractivity contribution in [3.05, 3.63) is 35.9 Å². The Hall–Kier alpha value is -1.92. The highest BCUT2D eigenvalue weighted by Gasteiger charge is 2.41. The van der Waals surface area contributed by atoms with Crippen molar-refractivity contribution in [3.63, 3.8) is 0 Å². The first-order valence-electron chi connectivity index (χ1n) is 9.35. The van der Waals surface area contributed by atoms with Crippen LogP contribution in [0.1, 0.15) is 37.7 Å². The zero-order valence-corrected chi connectivity index (χ0v) is 15.3. The molecule has 1 spiro atoms. The average Bonchev–Trinajstić information content (AvgIpc) is 3.28. The zero-order chi connectivity index (χ0) is 18.4. The van der Waals surface area contributed by atoms with Crippen LogP contribution >= 0.6 is 0 Å². The number of carbonyl (C=O) groups excluding carboxylic acids is 2. The Balaban J connectivity index is 0.000000236. The van der Waals surface area contributed by atoms with E-state index in [4.69, 9.17) is 14.2 Å². The van der Waals surface area contributed by atoms with Crippen molar-refractivity contribution < 1.29 is 23.8 Å². The highest BCUT2D eigenvalue weighted by Crippen LogP contribution is 2.39. The molecule has 0 bridgehead atoms. The summed E-state index contributed by atoms with van der Waals surface area (Å²) in [5.41, 5.74) is 1.32. The van der Waals surface area contributed by atoms with E-state index in [2.05, 4.69) is 19.1 Å². The maximum atomic E-state index is 12.0. The summed E-state index contributed by atoms with van der Waals surface area (Å²) < 4.78 is 16.1. The summed E-state index contributed by atoms with van der Waals surface area (Å²) in [4.78, 5) is 24.5. The van der Waals surface area contributed by atoms with E-state index in [1.807, 2.05) is 18.2 Å². The molecule has 1 aromatic rings. The second-order valence-electron chi connectivity index (χ2n) is 7.07. The zero-order valence-electron chi connectivity index (χ0n) is 15.3. The van der Waals surface area contributed by atoms with Crippen LogP contribution in [0.3, 0.4) is 0 Å². The second-order valence-corrected chi connectivity index (χ2v) is 7.07. The number of aryl methyl sites for hydroxylation is 1. The van der Waals surface area contributed by atoms with E-state index in [-0.39, 0.29) is 11.7 Å². The maximum absolute atomic E-state index is 12.0. The lowest BCUT2D eigenvalue weighted by molar-refractivity contribution is -0.183. The Bertz CT molecular complexity index is 602. The van der Waals surface area contributed by atoms with Gasteiger partial charge >= 0.3 is 6.09 Å². The minimum absolute atomic E-state index is 0.114. The van der Waals surface area contributed by atoms with Gasteiger partial charge in [-0.25, -0.2) is 9.69 Å². The molecular weight excluding hydrogens is 334 g/mol. The van der Waals surface area contributed by atoms with Crippen molar-refractivity contribution >= 4 is 12.0 Å². The third kappa shape index (κ3) is 4.83. The number of ether oxygens (including phenoxy) is 3. The first kappa shape index (κ1) is 18.9. The molecule has 0 N–H and O–H groups in total. The summed E-state index contributed by atoms with van der Waals surface area (Å²) in [5.74, 6) is -0.178. The van der Waals surface area contributed by atoms with E-state index in [0.29, 0.717) is 38.7 Å². The first-order chi connectivity index (χ1) is 12.6. The first-order valence-corrected chi connectivity index (χ1v) is 9.35. The van der Waals surface area contributed by atoms with Crippen molar-refractivity contribution in [2.24, 2.45) is 5.92 Å². The average molecular weight is 361 g/mol. The van der Waals surface area contributed by atoms with Crippen LogP contribution in [-0.4, -0.2) is 49.1 Å². The number of benzene rings is 1. The van der Waals surface area contributed by atoms with Gasteiger partial charge in [0.1, 0.15) is 6.61 Å².